The topological polar surface area (TPSA) is 90.0 Å². The molecule has 0 bridgehead atoms. The van der Waals surface area contributed by atoms with Crippen LogP contribution in [-0.2, 0) is 22.5 Å². The van der Waals surface area contributed by atoms with Crippen molar-refractivity contribution in [1.29, 1.82) is 0 Å². The van der Waals surface area contributed by atoms with Crippen molar-refractivity contribution in [3.05, 3.63) is 70.9 Å². The Balaban J connectivity index is 1.00. The maximum Gasteiger partial charge on any atom is 0.411 e. The second-order valence-electron chi connectivity index (χ2n) is 12.7. The Hall–Kier alpha value is -3.40. The van der Waals surface area contributed by atoms with Crippen LogP contribution in [0.2, 0.25) is 5.02 Å². The van der Waals surface area contributed by atoms with Crippen LogP contribution >= 0.6 is 11.6 Å². The molecule has 0 radical (unpaired) electrons. The van der Waals surface area contributed by atoms with Crippen LogP contribution in [0, 0.1) is 0 Å². The predicted octanol–water partition coefficient (Wildman–Crippen LogP) is 5.18. The maximum absolute atomic E-state index is 13.3. The van der Waals surface area contributed by atoms with E-state index in [1.165, 1.54) is 0 Å². The van der Waals surface area contributed by atoms with Crippen LogP contribution in [0.3, 0.4) is 0 Å². The number of piperazine rings is 1. The van der Waals surface area contributed by atoms with Gasteiger partial charge in [-0.1, -0.05) is 35.9 Å². The average molecular weight is 621 g/mol. The first-order valence-corrected chi connectivity index (χ1v) is 16.1. The molecule has 0 saturated carbocycles. The highest BCUT2D eigenvalue weighted by Gasteiger charge is 2.36. The zero-order chi connectivity index (χ0) is 31.1. The van der Waals surface area contributed by atoms with Gasteiger partial charge in [-0.05, 0) is 82.1 Å². The number of benzene rings is 2. The summed E-state index contributed by atoms with van der Waals surface area (Å²) in [5.41, 5.74) is 3.54. The van der Waals surface area contributed by atoms with Gasteiger partial charge in [-0.2, -0.15) is 0 Å². The van der Waals surface area contributed by atoms with Crippen LogP contribution in [0.25, 0.3) is 10.9 Å². The lowest BCUT2D eigenvalue weighted by Gasteiger charge is -2.37. The molecule has 10 heteroatoms. The van der Waals surface area contributed by atoms with Gasteiger partial charge in [0.05, 0.1) is 12.1 Å². The summed E-state index contributed by atoms with van der Waals surface area (Å²) in [5, 5.41) is 8.45. The summed E-state index contributed by atoms with van der Waals surface area (Å²) in [7, 11) is 0. The number of halogens is 1. The number of rotatable bonds is 10. The second kappa shape index (κ2) is 14.6. The van der Waals surface area contributed by atoms with Gasteiger partial charge in [-0.25, -0.2) is 4.79 Å². The van der Waals surface area contributed by atoms with Crippen LogP contribution < -0.4 is 10.6 Å². The van der Waals surface area contributed by atoms with Gasteiger partial charge in [0.1, 0.15) is 11.6 Å². The molecule has 5 rings (SSSR count). The van der Waals surface area contributed by atoms with E-state index >= 15 is 0 Å². The Morgan fingerprint density at radius 3 is 2.34 bits per heavy atom. The van der Waals surface area contributed by atoms with E-state index in [1.54, 1.807) is 4.90 Å². The van der Waals surface area contributed by atoms with Gasteiger partial charge in [-0.15, -0.1) is 0 Å². The number of carbonyl (C=O) groups is 2. The van der Waals surface area contributed by atoms with Crippen LogP contribution in [-0.4, -0.2) is 95.7 Å². The fourth-order valence-electron chi connectivity index (χ4n) is 5.94. The molecule has 1 fully saturated rings. The van der Waals surface area contributed by atoms with Gasteiger partial charge in [0.25, 0.3) is 0 Å². The number of ether oxygens (including phenoxy) is 1. The first kappa shape index (κ1) is 32.0. The molecule has 0 spiro atoms. The third-order valence-electron chi connectivity index (χ3n) is 8.27. The normalized spacial score (nSPS) is 17.7. The molecule has 1 aromatic heterocycles. The minimum Gasteiger partial charge on any atom is -0.444 e. The summed E-state index contributed by atoms with van der Waals surface area (Å²) in [6, 6.07) is 15.3. The number of anilines is 1. The van der Waals surface area contributed by atoms with Gasteiger partial charge >= 0.3 is 6.09 Å². The van der Waals surface area contributed by atoms with Gasteiger partial charge in [0.15, 0.2) is 0 Å². The van der Waals surface area contributed by atoms with Gasteiger partial charge in [0.2, 0.25) is 5.91 Å². The fraction of sp³-hybridized carbons (Fsp3) is 0.500. The minimum atomic E-state index is -0.624. The summed E-state index contributed by atoms with van der Waals surface area (Å²) in [6.07, 6.45) is 3.80. The lowest BCUT2D eigenvalue weighted by Crippen LogP contribution is -2.54. The molecule has 2 aliphatic rings. The van der Waals surface area contributed by atoms with E-state index in [-0.39, 0.29) is 5.91 Å². The van der Waals surface area contributed by atoms with Crippen LogP contribution in [0.15, 0.2) is 54.7 Å². The quantitative estimate of drug-likeness (QED) is 0.302. The maximum atomic E-state index is 13.3. The Labute approximate surface area is 265 Å². The fourth-order valence-corrected chi connectivity index (χ4v) is 6.11. The molecule has 2 N–H and O–H groups in total. The van der Waals surface area contributed by atoms with E-state index < -0.39 is 17.7 Å². The lowest BCUT2D eigenvalue weighted by atomic mass is 9.94. The van der Waals surface area contributed by atoms with Crippen molar-refractivity contribution < 1.29 is 14.3 Å². The van der Waals surface area contributed by atoms with Gasteiger partial charge in [0, 0.05) is 68.0 Å². The van der Waals surface area contributed by atoms with E-state index in [0.717, 1.165) is 86.4 Å². The van der Waals surface area contributed by atoms with Crippen molar-refractivity contribution in [2.75, 3.05) is 57.7 Å². The van der Waals surface area contributed by atoms with E-state index in [9.17, 15) is 9.59 Å². The van der Waals surface area contributed by atoms with E-state index in [1.807, 2.05) is 75.5 Å². The predicted molar refractivity (Wildman–Crippen MR) is 176 cm³/mol. The van der Waals surface area contributed by atoms with Crippen molar-refractivity contribution >= 4 is 40.2 Å². The number of hydrogen-bond acceptors (Lipinski definition) is 7. The monoisotopic (exact) mass is 620 g/mol. The van der Waals surface area contributed by atoms with E-state index in [0.29, 0.717) is 24.5 Å². The average Bonchev–Trinajstić information content (AvgIpc) is 3.00. The largest absolute Gasteiger partial charge is 0.444 e. The van der Waals surface area contributed by atoms with Crippen molar-refractivity contribution in [2.24, 2.45) is 0 Å². The summed E-state index contributed by atoms with van der Waals surface area (Å²) >= 11 is 6.11. The van der Waals surface area contributed by atoms with Crippen LogP contribution in [0.4, 0.5) is 10.5 Å². The first-order chi connectivity index (χ1) is 21.2. The minimum absolute atomic E-state index is 0.118. The molecule has 0 aliphatic carbocycles. The summed E-state index contributed by atoms with van der Waals surface area (Å²) in [5.74, 6) is -0.118. The number of nitrogens with one attached hydrogen (secondary N) is 2. The Kier molecular flexibility index (Phi) is 10.6. The molecule has 2 amide bonds. The van der Waals surface area contributed by atoms with Crippen molar-refractivity contribution in [3.8, 4) is 0 Å². The van der Waals surface area contributed by atoms with E-state index in [2.05, 4.69) is 25.4 Å². The molecule has 0 unspecified atom stereocenters. The molecule has 236 valence electrons. The smallest absolute Gasteiger partial charge is 0.411 e. The number of pyridine rings is 1. The SMILES string of the molecule is CC(C)(C)OC(=O)N1Cc2ccccc2C[C@@H]1C(=O)NCCCN1CCN(CCCNc2ccnc3cc(Cl)ccc23)CC1. The number of carbonyl (C=O) groups excluding carboxylic acids is 2. The van der Waals surface area contributed by atoms with E-state index in [4.69, 9.17) is 16.3 Å². The molecule has 1 saturated heterocycles. The number of nitrogens with zero attached hydrogens (tertiary/aromatic N) is 4. The highest BCUT2D eigenvalue weighted by Crippen LogP contribution is 2.26. The molecular weight excluding hydrogens is 576 g/mol. The zero-order valence-corrected chi connectivity index (χ0v) is 26.9. The van der Waals surface area contributed by atoms with Crippen LogP contribution in [0.1, 0.15) is 44.7 Å². The number of hydrogen-bond donors (Lipinski definition) is 2. The number of fused-ring (bicyclic) bond motifs is 2. The molecular formula is C34H45ClN6O3. The standard InChI is InChI=1S/C34H45ClN6O3/c1-34(2,3)44-33(43)41-24-26-9-5-4-8-25(26)22-31(41)32(42)38-14-7-17-40-20-18-39(19-21-40)16-6-13-36-29-12-15-37-30-23-27(35)10-11-28(29)30/h4-5,8-12,15,23,31H,6-7,13-14,16-22,24H2,1-3H3,(H,36,37)(H,38,42)/t31-/m1/s1. The summed E-state index contributed by atoms with van der Waals surface area (Å²) in [4.78, 5) is 37.3. The third-order valence-corrected chi connectivity index (χ3v) is 8.50. The lowest BCUT2D eigenvalue weighted by molar-refractivity contribution is -0.127. The second-order valence-corrected chi connectivity index (χ2v) is 13.2. The molecule has 2 aromatic carbocycles. The first-order valence-electron chi connectivity index (χ1n) is 15.7. The molecule has 9 nitrogen and oxygen atoms in total. The summed E-state index contributed by atoms with van der Waals surface area (Å²) < 4.78 is 5.64. The number of aromatic nitrogens is 1. The van der Waals surface area contributed by atoms with Crippen molar-refractivity contribution in [1.82, 2.24) is 25.0 Å². The highest BCUT2D eigenvalue weighted by atomic mass is 35.5. The molecule has 3 heterocycles. The molecule has 1 atom stereocenters. The summed E-state index contributed by atoms with van der Waals surface area (Å²) in [6.45, 7) is 13.6. The van der Waals surface area contributed by atoms with Crippen molar-refractivity contribution in [3.63, 3.8) is 0 Å². The van der Waals surface area contributed by atoms with Gasteiger partial charge in [-0.3, -0.25) is 14.7 Å². The Bertz CT molecular complexity index is 1440. The molecule has 44 heavy (non-hydrogen) atoms. The zero-order valence-electron chi connectivity index (χ0n) is 26.2. The van der Waals surface area contributed by atoms with Gasteiger partial charge < -0.3 is 25.2 Å². The molecule has 3 aromatic rings. The Morgan fingerprint density at radius 2 is 1.64 bits per heavy atom. The van der Waals surface area contributed by atoms with Crippen molar-refractivity contribution in [2.45, 2.75) is 58.2 Å². The third kappa shape index (κ3) is 8.61. The highest BCUT2D eigenvalue weighted by molar-refractivity contribution is 6.31. The molecule has 2 aliphatic heterocycles. The van der Waals surface area contributed by atoms with Crippen LogP contribution in [0.5, 0.6) is 0 Å². The Morgan fingerprint density at radius 1 is 0.955 bits per heavy atom. The number of amides is 2.